The molecule has 1 saturated heterocycles. The molecule has 3 rings (SSSR count). The largest absolute Gasteiger partial charge is 0.338 e. The summed E-state index contributed by atoms with van der Waals surface area (Å²) in [7, 11) is -3.22. The van der Waals surface area contributed by atoms with E-state index in [-0.39, 0.29) is 23.9 Å². The van der Waals surface area contributed by atoms with Gasteiger partial charge >= 0.3 is 0 Å². The van der Waals surface area contributed by atoms with Gasteiger partial charge in [0.2, 0.25) is 15.9 Å². The second-order valence-electron chi connectivity index (χ2n) is 8.00. The van der Waals surface area contributed by atoms with Gasteiger partial charge in [0, 0.05) is 31.1 Å². The van der Waals surface area contributed by atoms with Gasteiger partial charge in [-0.3, -0.25) is 4.79 Å². The van der Waals surface area contributed by atoms with Crippen LogP contribution in [0.2, 0.25) is 0 Å². The van der Waals surface area contributed by atoms with Gasteiger partial charge in [0.1, 0.15) is 0 Å². The van der Waals surface area contributed by atoms with E-state index < -0.39 is 10.0 Å². The molecule has 1 aliphatic heterocycles. The van der Waals surface area contributed by atoms with Crippen molar-refractivity contribution in [2.24, 2.45) is 23.5 Å². The first kappa shape index (κ1) is 18.1. The van der Waals surface area contributed by atoms with E-state index in [0.29, 0.717) is 18.4 Å². The van der Waals surface area contributed by atoms with Gasteiger partial charge in [0.25, 0.3) is 0 Å². The van der Waals surface area contributed by atoms with Crippen LogP contribution in [0.4, 0.5) is 0 Å². The standard InChI is InChI=1S/C17H31N3O3S/c1-24(22,23)19-11-15-7-2-3-8-20(15)17(21)14-9-12-5-4-6-13(10-14)16(12)18/h12-16,19H,2-11,18H2,1H3. The number of amides is 1. The number of nitrogens with two attached hydrogens (primary N) is 1. The first-order valence-electron chi connectivity index (χ1n) is 9.36. The molecule has 2 aliphatic carbocycles. The van der Waals surface area contributed by atoms with E-state index in [4.69, 9.17) is 5.73 Å². The van der Waals surface area contributed by atoms with Crippen LogP contribution in [0.1, 0.15) is 51.4 Å². The van der Waals surface area contributed by atoms with Crippen LogP contribution in [0.25, 0.3) is 0 Å². The van der Waals surface area contributed by atoms with E-state index in [0.717, 1.165) is 51.5 Å². The minimum Gasteiger partial charge on any atom is -0.338 e. The number of carbonyl (C=O) groups excluding carboxylic acids is 1. The molecule has 3 aliphatic rings. The van der Waals surface area contributed by atoms with Gasteiger partial charge in [-0.2, -0.15) is 0 Å². The SMILES string of the molecule is CS(=O)(=O)NCC1CCCCN1C(=O)C1CC2CCCC(C1)C2N. The molecule has 24 heavy (non-hydrogen) atoms. The van der Waals surface area contributed by atoms with Crippen LogP contribution >= 0.6 is 0 Å². The average Bonchev–Trinajstić information content (AvgIpc) is 2.51. The fourth-order valence-corrected chi connectivity index (χ4v) is 5.47. The Bertz CT molecular complexity index is 551. The highest BCUT2D eigenvalue weighted by atomic mass is 32.2. The van der Waals surface area contributed by atoms with Crippen molar-refractivity contribution in [2.75, 3.05) is 19.3 Å². The van der Waals surface area contributed by atoms with Gasteiger partial charge in [-0.1, -0.05) is 6.42 Å². The highest BCUT2D eigenvalue weighted by Gasteiger charge is 2.42. The summed E-state index contributed by atoms with van der Waals surface area (Å²) in [4.78, 5) is 15.1. The first-order chi connectivity index (χ1) is 11.3. The molecule has 0 spiro atoms. The third-order valence-corrected chi connectivity index (χ3v) is 6.94. The third-order valence-electron chi connectivity index (χ3n) is 6.25. The van der Waals surface area contributed by atoms with Crippen LogP contribution in [0.5, 0.6) is 0 Å². The van der Waals surface area contributed by atoms with E-state index >= 15 is 0 Å². The Morgan fingerprint density at radius 1 is 1.12 bits per heavy atom. The van der Waals surface area contributed by atoms with Gasteiger partial charge in [-0.15, -0.1) is 0 Å². The summed E-state index contributed by atoms with van der Waals surface area (Å²) in [5.74, 6) is 1.30. The predicted molar refractivity (Wildman–Crippen MR) is 93.7 cm³/mol. The highest BCUT2D eigenvalue weighted by molar-refractivity contribution is 7.88. The quantitative estimate of drug-likeness (QED) is 0.787. The minimum absolute atomic E-state index is 0.00332. The van der Waals surface area contributed by atoms with Gasteiger partial charge in [0.05, 0.1) is 6.26 Å². The lowest BCUT2D eigenvalue weighted by molar-refractivity contribution is -0.142. The first-order valence-corrected chi connectivity index (χ1v) is 11.2. The van der Waals surface area contributed by atoms with Gasteiger partial charge in [-0.05, 0) is 56.8 Å². The number of fused-ring (bicyclic) bond motifs is 2. The molecule has 7 heteroatoms. The zero-order chi connectivity index (χ0) is 17.3. The predicted octanol–water partition coefficient (Wildman–Crippen LogP) is 1.07. The molecule has 0 aromatic rings. The number of hydrogen-bond acceptors (Lipinski definition) is 4. The molecule has 0 aromatic heterocycles. The van der Waals surface area contributed by atoms with E-state index in [1.807, 2.05) is 4.90 Å². The van der Waals surface area contributed by atoms with Crippen LogP contribution in [0.3, 0.4) is 0 Å². The second kappa shape index (κ2) is 7.30. The fourth-order valence-electron chi connectivity index (χ4n) is 4.98. The summed E-state index contributed by atoms with van der Waals surface area (Å²) in [6, 6.07) is 0.267. The normalized spacial score (nSPS) is 37.2. The Kier molecular flexibility index (Phi) is 5.52. The van der Waals surface area contributed by atoms with Crippen molar-refractivity contribution in [1.82, 2.24) is 9.62 Å². The minimum atomic E-state index is -3.22. The Morgan fingerprint density at radius 2 is 1.79 bits per heavy atom. The monoisotopic (exact) mass is 357 g/mol. The summed E-state index contributed by atoms with van der Waals surface area (Å²) in [5.41, 5.74) is 6.35. The zero-order valence-corrected chi connectivity index (χ0v) is 15.4. The number of likely N-dealkylation sites (tertiary alicyclic amines) is 1. The van der Waals surface area contributed by atoms with Crippen molar-refractivity contribution in [3.8, 4) is 0 Å². The molecule has 138 valence electrons. The molecule has 2 bridgehead atoms. The molecular weight excluding hydrogens is 326 g/mol. The number of piperidine rings is 1. The van der Waals surface area contributed by atoms with Gasteiger partial charge in [-0.25, -0.2) is 13.1 Å². The lowest BCUT2D eigenvalue weighted by atomic mass is 9.64. The molecular formula is C17H31N3O3S. The molecule has 0 aromatic carbocycles. The van der Waals surface area contributed by atoms with Crippen molar-refractivity contribution in [3.63, 3.8) is 0 Å². The number of carbonyl (C=O) groups is 1. The lowest BCUT2D eigenvalue weighted by Crippen LogP contribution is -2.54. The average molecular weight is 358 g/mol. The fraction of sp³-hybridized carbons (Fsp3) is 0.941. The van der Waals surface area contributed by atoms with Crippen molar-refractivity contribution in [3.05, 3.63) is 0 Å². The van der Waals surface area contributed by atoms with Crippen molar-refractivity contribution in [1.29, 1.82) is 0 Å². The van der Waals surface area contributed by atoms with E-state index in [1.165, 1.54) is 12.7 Å². The zero-order valence-electron chi connectivity index (χ0n) is 14.6. The van der Waals surface area contributed by atoms with Crippen LogP contribution in [0.15, 0.2) is 0 Å². The van der Waals surface area contributed by atoms with Gasteiger partial charge < -0.3 is 10.6 Å². The van der Waals surface area contributed by atoms with Gasteiger partial charge in [0.15, 0.2) is 0 Å². The van der Waals surface area contributed by atoms with E-state index in [2.05, 4.69) is 4.72 Å². The Hall–Kier alpha value is -0.660. The van der Waals surface area contributed by atoms with E-state index in [9.17, 15) is 13.2 Å². The van der Waals surface area contributed by atoms with Crippen molar-refractivity contribution >= 4 is 15.9 Å². The Labute approximate surface area is 145 Å². The topological polar surface area (TPSA) is 92.5 Å². The maximum Gasteiger partial charge on any atom is 0.225 e. The molecule has 2 saturated carbocycles. The van der Waals surface area contributed by atoms with Crippen LogP contribution in [0, 0.1) is 17.8 Å². The summed E-state index contributed by atoms with van der Waals surface area (Å²) < 4.78 is 25.4. The maximum absolute atomic E-state index is 13.1. The maximum atomic E-state index is 13.1. The van der Waals surface area contributed by atoms with Crippen molar-refractivity contribution < 1.29 is 13.2 Å². The number of rotatable bonds is 4. The molecule has 1 amide bonds. The number of nitrogens with zero attached hydrogens (tertiary/aromatic N) is 1. The molecule has 3 fully saturated rings. The smallest absolute Gasteiger partial charge is 0.225 e. The molecule has 3 N–H and O–H groups in total. The number of hydrogen-bond donors (Lipinski definition) is 2. The molecule has 1 heterocycles. The highest BCUT2D eigenvalue weighted by Crippen LogP contribution is 2.42. The van der Waals surface area contributed by atoms with Crippen LogP contribution < -0.4 is 10.5 Å². The van der Waals surface area contributed by atoms with Crippen LogP contribution in [-0.2, 0) is 14.8 Å². The number of nitrogens with one attached hydrogen (secondary N) is 1. The second-order valence-corrected chi connectivity index (χ2v) is 9.83. The van der Waals surface area contributed by atoms with Crippen LogP contribution in [-0.4, -0.2) is 50.7 Å². The molecule has 0 radical (unpaired) electrons. The van der Waals surface area contributed by atoms with Crippen molar-refractivity contribution in [2.45, 2.75) is 63.5 Å². The Morgan fingerprint density at radius 3 is 2.42 bits per heavy atom. The van der Waals surface area contributed by atoms with E-state index in [1.54, 1.807) is 0 Å². The lowest BCUT2D eigenvalue weighted by Gasteiger charge is -2.46. The third kappa shape index (κ3) is 4.11. The number of sulfonamides is 1. The summed E-state index contributed by atoms with van der Waals surface area (Å²) in [6.07, 6.45) is 9.51. The Balaban J connectivity index is 1.65. The summed E-state index contributed by atoms with van der Waals surface area (Å²) in [5, 5.41) is 0. The molecule has 3 unspecified atom stereocenters. The summed E-state index contributed by atoms with van der Waals surface area (Å²) in [6.45, 7) is 1.09. The molecule has 3 atom stereocenters. The molecule has 6 nitrogen and oxygen atoms in total. The summed E-state index contributed by atoms with van der Waals surface area (Å²) >= 11 is 0.